The Kier molecular flexibility index (Phi) is 4.10. The summed E-state index contributed by atoms with van der Waals surface area (Å²) in [5.41, 5.74) is 15.2. The molecule has 4 N–H and O–H groups in total. The summed E-state index contributed by atoms with van der Waals surface area (Å²) in [5.74, 6) is 0.597. The fourth-order valence-electron chi connectivity index (χ4n) is 4.88. The van der Waals surface area contributed by atoms with Gasteiger partial charge in [-0.05, 0) is 67.4 Å². The van der Waals surface area contributed by atoms with Gasteiger partial charge in [-0.15, -0.1) is 0 Å². The first-order valence-electron chi connectivity index (χ1n) is 10.2. The molecule has 0 amide bonds. The lowest BCUT2D eigenvalue weighted by Gasteiger charge is -2.45. The first kappa shape index (κ1) is 17.3. The molecule has 3 heterocycles. The van der Waals surface area contributed by atoms with E-state index in [0.29, 0.717) is 11.5 Å². The van der Waals surface area contributed by atoms with Crippen LogP contribution in [0, 0.1) is 0 Å². The van der Waals surface area contributed by atoms with Crippen LogP contribution in [0.15, 0.2) is 26.7 Å². The third-order valence-corrected chi connectivity index (χ3v) is 6.16. The maximum atomic E-state index is 6.37. The van der Waals surface area contributed by atoms with Gasteiger partial charge in [0.1, 0.15) is 5.66 Å². The molecule has 1 spiro atoms. The van der Waals surface area contributed by atoms with Crippen molar-refractivity contribution in [3.05, 3.63) is 12.1 Å². The van der Waals surface area contributed by atoms with Crippen LogP contribution < -0.4 is 21.3 Å². The summed E-state index contributed by atoms with van der Waals surface area (Å²) in [5, 5.41) is 8.46. The van der Waals surface area contributed by atoms with Crippen molar-refractivity contribution in [2.24, 2.45) is 21.5 Å². The van der Waals surface area contributed by atoms with Gasteiger partial charge in [0.15, 0.2) is 11.0 Å². The maximum absolute atomic E-state index is 6.37. The van der Waals surface area contributed by atoms with Gasteiger partial charge in [-0.25, -0.2) is 9.62 Å². The molecule has 28 heavy (non-hydrogen) atoms. The lowest BCUT2D eigenvalue weighted by molar-refractivity contribution is 0.304. The zero-order valence-corrected chi connectivity index (χ0v) is 16.0. The third-order valence-electron chi connectivity index (χ3n) is 6.16. The highest BCUT2D eigenvalue weighted by atomic mass is 16.6. The standard InChI is InChI=1S/C19H26N8O/c20-17-22-18(21)27(19(23-17)9-3-1-4-10-19)14-8-7-13(15-16(14)25-28-24-15)26-11-5-2-6-12-26/h7-8H,1-6,9-12H2,(H4,20,21,22,23). The Balaban J connectivity index is 1.62. The molecule has 5 rings (SSSR count). The van der Waals surface area contributed by atoms with Crippen LogP contribution in [0.4, 0.5) is 11.4 Å². The van der Waals surface area contributed by atoms with Crippen LogP contribution in [0.3, 0.4) is 0 Å². The largest absolute Gasteiger partial charge is 0.370 e. The number of hydrogen-bond acceptors (Lipinski definition) is 9. The fourth-order valence-corrected chi connectivity index (χ4v) is 4.88. The molecule has 2 fully saturated rings. The van der Waals surface area contributed by atoms with E-state index in [2.05, 4.69) is 26.3 Å². The molecule has 0 atom stereocenters. The fraction of sp³-hybridized carbons (Fsp3) is 0.579. The van der Waals surface area contributed by atoms with E-state index in [1.54, 1.807) is 0 Å². The van der Waals surface area contributed by atoms with E-state index in [-0.39, 0.29) is 5.96 Å². The number of fused-ring (bicyclic) bond motifs is 1. The Bertz CT molecular complexity index is 937. The Morgan fingerprint density at radius 3 is 2.25 bits per heavy atom. The van der Waals surface area contributed by atoms with Gasteiger partial charge in [0, 0.05) is 13.1 Å². The highest BCUT2D eigenvalue weighted by Gasteiger charge is 2.43. The van der Waals surface area contributed by atoms with E-state index in [0.717, 1.165) is 55.7 Å². The van der Waals surface area contributed by atoms with Crippen molar-refractivity contribution in [1.82, 2.24) is 10.3 Å². The Hall–Kier alpha value is -2.84. The summed E-state index contributed by atoms with van der Waals surface area (Å²) in [7, 11) is 0. The minimum Gasteiger partial charge on any atom is -0.370 e. The van der Waals surface area contributed by atoms with Gasteiger partial charge in [-0.1, -0.05) is 6.42 Å². The van der Waals surface area contributed by atoms with Crippen molar-refractivity contribution >= 4 is 34.3 Å². The van der Waals surface area contributed by atoms with E-state index in [1.165, 1.54) is 25.7 Å². The average Bonchev–Trinajstić information content (AvgIpc) is 3.19. The quantitative estimate of drug-likeness (QED) is 0.817. The molecule has 1 aromatic heterocycles. The molecule has 1 aromatic carbocycles. The Morgan fingerprint density at radius 1 is 0.857 bits per heavy atom. The number of hydrogen-bond donors (Lipinski definition) is 2. The second-order valence-electron chi connectivity index (χ2n) is 7.93. The lowest BCUT2D eigenvalue weighted by atomic mass is 9.87. The van der Waals surface area contributed by atoms with Gasteiger partial charge in [-0.3, -0.25) is 4.90 Å². The number of nitrogens with zero attached hydrogens (tertiary/aromatic N) is 6. The number of nitrogens with two attached hydrogens (primary N) is 2. The van der Waals surface area contributed by atoms with Gasteiger partial charge in [0.2, 0.25) is 11.9 Å². The van der Waals surface area contributed by atoms with E-state index >= 15 is 0 Å². The predicted molar refractivity (Wildman–Crippen MR) is 109 cm³/mol. The van der Waals surface area contributed by atoms with Crippen molar-refractivity contribution < 1.29 is 4.63 Å². The minimum absolute atomic E-state index is 0.245. The molecule has 9 heteroatoms. The van der Waals surface area contributed by atoms with Gasteiger partial charge < -0.3 is 16.4 Å². The molecule has 3 aliphatic rings. The normalized spacial score (nSPS) is 22.4. The van der Waals surface area contributed by atoms with Crippen molar-refractivity contribution in [3.63, 3.8) is 0 Å². The van der Waals surface area contributed by atoms with Crippen LogP contribution in [0.1, 0.15) is 51.4 Å². The van der Waals surface area contributed by atoms with Gasteiger partial charge in [0.05, 0.1) is 11.4 Å². The zero-order valence-electron chi connectivity index (χ0n) is 16.0. The smallest absolute Gasteiger partial charge is 0.220 e. The molecule has 0 bridgehead atoms. The first-order chi connectivity index (χ1) is 13.7. The highest BCUT2D eigenvalue weighted by molar-refractivity contribution is 6.10. The van der Waals surface area contributed by atoms with Gasteiger partial charge in [-0.2, -0.15) is 4.99 Å². The summed E-state index contributed by atoms with van der Waals surface area (Å²) in [6, 6.07) is 4.14. The molecule has 148 valence electrons. The summed E-state index contributed by atoms with van der Waals surface area (Å²) >= 11 is 0. The Labute approximate surface area is 163 Å². The van der Waals surface area contributed by atoms with E-state index in [4.69, 9.17) is 21.1 Å². The van der Waals surface area contributed by atoms with Crippen molar-refractivity contribution in [3.8, 4) is 0 Å². The molecule has 0 radical (unpaired) electrons. The number of rotatable bonds is 2. The molecule has 1 saturated heterocycles. The van der Waals surface area contributed by atoms with Gasteiger partial charge in [0.25, 0.3) is 0 Å². The number of guanidine groups is 2. The first-order valence-corrected chi connectivity index (χ1v) is 10.2. The monoisotopic (exact) mass is 382 g/mol. The van der Waals surface area contributed by atoms with E-state index in [1.807, 2.05) is 11.0 Å². The number of anilines is 2. The lowest BCUT2D eigenvalue weighted by Crippen LogP contribution is -2.58. The zero-order chi connectivity index (χ0) is 19.1. The second kappa shape index (κ2) is 6.65. The summed E-state index contributed by atoms with van der Waals surface area (Å²) in [4.78, 5) is 13.4. The van der Waals surface area contributed by atoms with Crippen LogP contribution in [-0.2, 0) is 0 Å². The van der Waals surface area contributed by atoms with E-state index < -0.39 is 5.66 Å². The molecule has 2 aliphatic heterocycles. The summed E-state index contributed by atoms with van der Waals surface area (Å²) < 4.78 is 5.17. The molecule has 1 saturated carbocycles. The van der Waals surface area contributed by atoms with Crippen molar-refractivity contribution in [2.45, 2.75) is 57.0 Å². The van der Waals surface area contributed by atoms with Crippen LogP contribution in [-0.4, -0.2) is 41.0 Å². The average molecular weight is 382 g/mol. The van der Waals surface area contributed by atoms with Crippen LogP contribution in [0.25, 0.3) is 11.0 Å². The molecule has 0 unspecified atom stereocenters. The molecule has 1 aliphatic carbocycles. The summed E-state index contributed by atoms with van der Waals surface area (Å²) in [6.45, 7) is 2.05. The number of piperidine rings is 1. The maximum Gasteiger partial charge on any atom is 0.220 e. The van der Waals surface area contributed by atoms with Crippen LogP contribution >= 0.6 is 0 Å². The topological polar surface area (TPSA) is 122 Å². The molecule has 9 nitrogen and oxygen atoms in total. The number of aromatic nitrogens is 2. The molecule has 2 aromatic rings. The Morgan fingerprint density at radius 2 is 1.50 bits per heavy atom. The third kappa shape index (κ3) is 2.68. The minimum atomic E-state index is -0.507. The van der Waals surface area contributed by atoms with Gasteiger partial charge >= 0.3 is 0 Å². The predicted octanol–water partition coefficient (Wildman–Crippen LogP) is 2.32. The molecular weight excluding hydrogens is 356 g/mol. The van der Waals surface area contributed by atoms with Crippen molar-refractivity contribution in [1.29, 1.82) is 0 Å². The van der Waals surface area contributed by atoms with Crippen LogP contribution in [0.5, 0.6) is 0 Å². The number of benzene rings is 1. The second-order valence-corrected chi connectivity index (χ2v) is 7.93. The SMILES string of the molecule is NC1=NC2(CCCCC2)N(c2ccc(N3CCCCC3)c3nonc23)C(N)=N1. The molecular formula is C19H26N8O. The van der Waals surface area contributed by atoms with Crippen molar-refractivity contribution in [2.75, 3.05) is 22.9 Å². The number of aliphatic imine (C=N–C) groups is 2. The summed E-state index contributed by atoms with van der Waals surface area (Å²) in [6.07, 6.45) is 8.76. The highest BCUT2D eigenvalue weighted by Crippen LogP contribution is 2.42. The van der Waals surface area contributed by atoms with Crippen LogP contribution in [0.2, 0.25) is 0 Å². The van der Waals surface area contributed by atoms with E-state index in [9.17, 15) is 0 Å².